The lowest BCUT2D eigenvalue weighted by Crippen LogP contribution is -2.33. The van der Waals surface area contributed by atoms with Gasteiger partial charge in [0, 0.05) is 18.5 Å². The van der Waals surface area contributed by atoms with Gasteiger partial charge in [-0.3, -0.25) is 4.79 Å². The fourth-order valence-corrected chi connectivity index (χ4v) is 2.77. The number of aryl methyl sites for hydroxylation is 1. The summed E-state index contributed by atoms with van der Waals surface area (Å²) >= 11 is 0. The smallest absolute Gasteiger partial charge is 0.244 e. The zero-order valence-corrected chi connectivity index (χ0v) is 13.3. The Morgan fingerprint density at radius 2 is 2.13 bits per heavy atom. The molecular formula is C20H21NO2. The van der Waals surface area contributed by atoms with Crippen molar-refractivity contribution in [3.05, 3.63) is 71.3 Å². The Bertz CT molecular complexity index is 721. The predicted molar refractivity (Wildman–Crippen MR) is 92.4 cm³/mol. The van der Waals surface area contributed by atoms with E-state index in [-0.39, 0.29) is 5.91 Å². The molecule has 0 spiro atoms. The first kappa shape index (κ1) is 15.3. The molecule has 2 aromatic carbocycles. The van der Waals surface area contributed by atoms with Gasteiger partial charge in [-0.2, -0.15) is 0 Å². The molecule has 3 rings (SSSR count). The lowest BCUT2D eigenvalue weighted by molar-refractivity contribution is -0.116. The van der Waals surface area contributed by atoms with Crippen LogP contribution in [-0.4, -0.2) is 19.1 Å². The van der Waals surface area contributed by atoms with Gasteiger partial charge in [-0.25, -0.2) is 0 Å². The number of benzene rings is 2. The Labute approximate surface area is 137 Å². The lowest BCUT2D eigenvalue weighted by Gasteiger charge is -2.25. The van der Waals surface area contributed by atoms with Crippen LogP contribution in [0.25, 0.3) is 6.08 Å². The SMILES string of the molecule is Cc1cccc(/C=C/C(=O)NCC2COc3ccccc3C2)c1. The van der Waals surface area contributed by atoms with Crippen molar-refractivity contribution in [3.63, 3.8) is 0 Å². The number of amides is 1. The van der Waals surface area contributed by atoms with Gasteiger partial charge in [0.2, 0.25) is 5.91 Å². The van der Waals surface area contributed by atoms with Crippen LogP contribution < -0.4 is 10.1 Å². The number of fused-ring (bicyclic) bond motifs is 1. The molecule has 0 fully saturated rings. The maximum Gasteiger partial charge on any atom is 0.244 e. The molecule has 1 atom stereocenters. The Hall–Kier alpha value is -2.55. The molecule has 0 aliphatic carbocycles. The lowest BCUT2D eigenvalue weighted by atomic mass is 9.97. The summed E-state index contributed by atoms with van der Waals surface area (Å²) in [6, 6.07) is 16.2. The average Bonchev–Trinajstić information content (AvgIpc) is 2.58. The Kier molecular flexibility index (Phi) is 4.77. The van der Waals surface area contributed by atoms with E-state index >= 15 is 0 Å². The number of para-hydroxylation sites is 1. The van der Waals surface area contributed by atoms with Crippen LogP contribution in [0.5, 0.6) is 5.75 Å². The molecule has 0 saturated carbocycles. The molecule has 0 saturated heterocycles. The highest BCUT2D eigenvalue weighted by atomic mass is 16.5. The van der Waals surface area contributed by atoms with Crippen molar-refractivity contribution in [2.24, 2.45) is 5.92 Å². The first-order valence-electron chi connectivity index (χ1n) is 7.94. The maximum atomic E-state index is 12.0. The topological polar surface area (TPSA) is 38.3 Å². The van der Waals surface area contributed by atoms with Gasteiger partial charge in [0.25, 0.3) is 0 Å². The first-order valence-corrected chi connectivity index (χ1v) is 7.94. The minimum Gasteiger partial charge on any atom is -0.493 e. The summed E-state index contributed by atoms with van der Waals surface area (Å²) in [6.45, 7) is 3.32. The summed E-state index contributed by atoms with van der Waals surface area (Å²) in [4.78, 5) is 12.0. The van der Waals surface area contributed by atoms with Crippen molar-refractivity contribution in [1.29, 1.82) is 0 Å². The van der Waals surface area contributed by atoms with Crippen molar-refractivity contribution in [2.45, 2.75) is 13.3 Å². The Morgan fingerprint density at radius 3 is 3.00 bits per heavy atom. The number of carbonyl (C=O) groups excluding carboxylic acids is 1. The summed E-state index contributed by atoms with van der Waals surface area (Å²) in [5.41, 5.74) is 3.44. The van der Waals surface area contributed by atoms with Crippen LogP contribution in [0.2, 0.25) is 0 Å². The normalized spacial score (nSPS) is 16.7. The number of hydrogen-bond donors (Lipinski definition) is 1. The molecule has 3 nitrogen and oxygen atoms in total. The molecule has 3 heteroatoms. The van der Waals surface area contributed by atoms with Crippen molar-refractivity contribution in [1.82, 2.24) is 5.32 Å². The molecule has 0 bridgehead atoms. The number of carbonyl (C=O) groups is 1. The molecule has 0 radical (unpaired) electrons. The van der Waals surface area contributed by atoms with Crippen molar-refractivity contribution in [2.75, 3.05) is 13.2 Å². The van der Waals surface area contributed by atoms with E-state index < -0.39 is 0 Å². The molecule has 118 valence electrons. The van der Waals surface area contributed by atoms with E-state index in [1.54, 1.807) is 6.08 Å². The number of hydrogen-bond acceptors (Lipinski definition) is 2. The van der Waals surface area contributed by atoms with Gasteiger partial charge in [0.15, 0.2) is 0 Å². The molecule has 1 N–H and O–H groups in total. The molecule has 1 aliphatic rings. The van der Waals surface area contributed by atoms with Crippen LogP contribution in [0.1, 0.15) is 16.7 Å². The zero-order valence-electron chi connectivity index (χ0n) is 13.3. The third kappa shape index (κ3) is 4.22. The second-order valence-electron chi connectivity index (χ2n) is 5.98. The van der Waals surface area contributed by atoms with Crippen molar-refractivity contribution in [3.8, 4) is 5.75 Å². The number of nitrogens with one attached hydrogen (secondary N) is 1. The highest BCUT2D eigenvalue weighted by Gasteiger charge is 2.19. The fraction of sp³-hybridized carbons (Fsp3) is 0.250. The third-order valence-electron chi connectivity index (χ3n) is 3.99. The summed E-state index contributed by atoms with van der Waals surface area (Å²) in [5.74, 6) is 1.22. The second-order valence-corrected chi connectivity index (χ2v) is 5.98. The zero-order chi connectivity index (χ0) is 16.1. The van der Waals surface area contributed by atoms with Gasteiger partial charge in [0.05, 0.1) is 6.61 Å². The van der Waals surface area contributed by atoms with E-state index in [4.69, 9.17) is 4.74 Å². The van der Waals surface area contributed by atoms with Crippen molar-refractivity contribution >= 4 is 12.0 Å². The number of ether oxygens (including phenoxy) is 1. The molecule has 1 unspecified atom stereocenters. The molecule has 23 heavy (non-hydrogen) atoms. The molecule has 1 aliphatic heterocycles. The molecular weight excluding hydrogens is 286 g/mol. The van der Waals surface area contributed by atoms with E-state index in [1.165, 1.54) is 11.1 Å². The van der Waals surface area contributed by atoms with E-state index in [0.717, 1.165) is 17.7 Å². The third-order valence-corrected chi connectivity index (χ3v) is 3.99. The maximum absolute atomic E-state index is 12.0. The minimum atomic E-state index is -0.0645. The van der Waals surface area contributed by atoms with Gasteiger partial charge in [-0.1, -0.05) is 48.0 Å². The van der Waals surface area contributed by atoms with E-state index in [0.29, 0.717) is 19.1 Å². The van der Waals surface area contributed by atoms with Gasteiger partial charge in [-0.05, 0) is 36.6 Å². The summed E-state index contributed by atoms with van der Waals surface area (Å²) < 4.78 is 5.74. The van der Waals surface area contributed by atoms with Crippen LogP contribution in [0.3, 0.4) is 0 Å². The highest BCUT2D eigenvalue weighted by molar-refractivity contribution is 5.91. The van der Waals surface area contributed by atoms with Gasteiger partial charge in [-0.15, -0.1) is 0 Å². The summed E-state index contributed by atoms with van der Waals surface area (Å²) in [6.07, 6.45) is 4.37. The molecule has 1 amide bonds. The molecule has 0 aromatic heterocycles. The molecule has 1 heterocycles. The van der Waals surface area contributed by atoms with E-state index in [2.05, 4.69) is 17.4 Å². The predicted octanol–water partition coefficient (Wildman–Crippen LogP) is 3.38. The van der Waals surface area contributed by atoms with Crippen LogP contribution in [0, 0.1) is 12.8 Å². The minimum absolute atomic E-state index is 0.0645. The Morgan fingerprint density at radius 1 is 1.26 bits per heavy atom. The molecule has 2 aromatic rings. The standard InChI is InChI=1S/C20H21NO2/c1-15-5-4-6-16(11-15)9-10-20(22)21-13-17-12-18-7-2-3-8-19(18)23-14-17/h2-11,17H,12-14H2,1H3,(H,21,22)/b10-9+. The largest absolute Gasteiger partial charge is 0.493 e. The van der Waals surface area contributed by atoms with Crippen molar-refractivity contribution < 1.29 is 9.53 Å². The Balaban J connectivity index is 1.50. The monoisotopic (exact) mass is 307 g/mol. The summed E-state index contributed by atoms with van der Waals surface area (Å²) in [7, 11) is 0. The summed E-state index contributed by atoms with van der Waals surface area (Å²) in [5, 5.41) is 2.96. The number of rotatable bonds is 4. The van der Waals surface area contributed by atoms with Crippen LogP contribution >= 0.6 is 0 Å². The highest BCUT2D eigenvalue weighted by Crippen LogP contribution is 2.26. The second kappa shape index (κ2) is 7.14. The van der Waals surface area contributed by atoms with Gasteiger partial charge >= 0.3 is 0 Å². The van der Waals surface area contributed by atoms with Gasteiger partial charge in [0.1, 0.15) is 5.75 Å². The van der Waals surface area contributed by atoms with E-state index in [9.17, 15) is 4.79 Å². The first-order chi connectivity index (χ1) is 11.2. The fourth-order valence-electron chi connectivity index (χ4n) is 2.77. The van der Waals surface area contributed by atoms with E-state index in [1.807, 2.05) is 49.4 Å². The van der Waals surface area contributed by atoms with Crippen LogP contribution in [-0.2, 0) is 11.2 Å². The van der Waals surface area contributed by atoms with Crippen LogP contribution in [0.4, 0.5) is 0 Å². The quantitative estimate of drug-likeness (QED) is 0.880. The van der Waals surface area contributed by atoms with Gasteiger partial charge < -0.3 is 10.1 Å². The van der Waals surface area contributed by atoms with Crippen LogP contribution in [0.15, 0.2) is 54.6 Å². The average molecular weight is 307 g/mol.